The molecular weight excluding hydrogens is 340 g/mol. The number of aromatic amines is 1. The first-order valence-corrected chi connectivity index (χ1v) is 9.10. The molecule has 3 aromatic rings. The lowest BCUT2D eigenvalue weighted by Gasteiger charge is -2.07. The zero-order valence-corrected chi connectivity index (χ0v) is 14.6. The van der Waals surface area contributed by atoms with Crippen LogP contribution >= 0.6 is 0 Å². The van der Waals surface area contributed by atoms with Gasteiger partial charge in [-0.25, -0.2) is 9.78 Å². The molecule has 128 valence electrons. The first-order chi connectivity index (χ1) is 12.0. The number of nitrogens with zero attached hydrogens (tertiary/aromatic N) is 1. The van der Waals surface area contributed by atoms with Crippen molar-refractivity contribution >= 4 is 27.7 Å². The van der Waals surface area contributed by atoms with Crippen LogP contribution in [0.2, 0.25) is 0 Å². The number of rotatable bonds is 4. The van der Waals surface area contributed by atoms with Crippen molar-refractivity contribution < 1.29 is 13.7 Å². The molecule has 0 aliphatic carbocycles. The van der Waals surface area contributed by atoms with Gasteiger partial charge >= 0.3 is 5.97 Å². The molecule has 6 nitrogen and oxygen atoms in total. The molecule has 1 heterocycles. The SMILES string of the molecule is Cc1cccc2c(=O)[nH]c(COC(=O)c3ccc(S(C)=O)cc3)nc12. The van der Waals surface area contributed by atoms with Crippen molar-refractivity contribution in [2.24, 2.45) is 0 Å². The highest BCUT2D eigenvalue weighted by molar-refractivity contribution is 7.84. The van der Waals surface area contributed by atoms with Crippen molar-refractivity contribution in [1.29, 1.82) is 0 Å². The van der Waals surface area contributed by atoms with Crippen LogP contribution in [0.25, 0.3) is 10.9 Å². The predicted octanol–water partition coefficient (Wildman–Crippen LogP) is 2.33. The van der Waals surface area contributed by atoms with E-state index in [0.29, 0.717) is 21.4 Å². The number of hydrogen-bond acceptors (Lipinski definition) is 5. The predicted molar refractivity (Wildman–Crippen MR) is 95.0 cm³/mol. The number of carbonyl (C=O) groups excluding carboxylic acids is 1. The molecular formula is C18H16N2O4S. The van der Waals surface area contributed by atoms with E-state index in [2.05, 4.69) is 9.97 Å². The monoisotopic (exact) mass is 356 g/mol. The lowest BCUT2D eigenvalue weighted by Crippen LogP contribution is -2.15. The Morgan fingerprint density at radius 1 is 1.20 bits per heavy atom. The molecule has 1 N–H and O–H groups in total. The van der Waals surface area contributed by atoms with Crippen molar-refractivity contribution in [3.8, 4) is 0 Å². The van der Waals surface area contributed by atoms with E-state index in [0.717, 1.165) is 5.56 Å². The molecule has 1 atom stereocenters. The van der Waals surface area contributed by atoms with E-state index in [1.54, 1.807) is 42.7 Å². The number of ether oxygens (including phenoxy) is 1. The average Bonchev–Trinajstić information content (AvgIpc) is 2.60. The fourth-order valence-corrected chi connectivity index (χ4v) is 2.94. The van der Waals surface area contributed by atoms with Crippen molar-refractivity contribution in [3.05, 3.63) is 69.8 Å². The van der Waals surface area contributed by atoms with E-state index in [1.165, 1.54) is 0 Å². The molecule has 0 bridgehead atoms. The first kappa shape index (κ1) is 17.0. The Kier molecular flexibility index (Phi) is 4.76. The number of hydrogen-bond donors (Lipinski definition) is 1. The summed E-state index contributed by atoms with van der Waals surface area (Å²) in [6, 6.07) is 11.7. The number of carbonyl (C=O) groups is 1. The van der Waals surface area contributed by atoms with Gasteiger partial charge in [0.1, 0.15) is 12.4 Å². The van der Waals surface area contributed by atoms with Gasteiger partial charge in [0.15, 0.2) is 0 Å². The van der Waals surface area contributed by atoms with Crippen LogP contribution in [0.4, 0.5) is 0 Å². The van der Waals surface area contributed by atoms with E-state index in [9.17, 15) is 13.8 Å². The Hall–Kier alpha value is -2.80. The zero-order chi connectivity index (χ0) is 18.0. The second-order valence-electron chi connectivity index (χ2n) is 5.54. The Morgan fingerprint density at radius 2 is 1.92 bits per heavy atom. The third kappa shape index (κ3) is 3.66. The van der Waals surface area contributed by atoms with E-state index < -0.39 is 16.8 Å². The minimum Gasteiger partial charge on any atom is -0.454 e. The molecule has 0 aliphatic rings. The molecule has 0 aliphatic heterocycles. The summed E-state index contributed by atoms with van der Waals surface area (Å²) in [4.78, 5) is 31.8. The minimum absolute atomic E-state index is 0.139. The topological polar surface area (TPSA) is 89.1 Å². The van der Waals surface area contributed by atoms with Crippen molar-refractivity contribution in [2.45, 2.75) is 18.4 Å². The Bertz CT molecular complexity index is 1030. The molecule has 25 heavy (non-hydrogen) atoms. The summed E-state index contributed by atoms with van der Waals surface area (Å²) in [5.74, 6) is -0.257. The molecule has 0 fully saturated rings. The number of aromatic nitrogens is 2. The zero-order valence-electron chi connectivity index (χ0n) is 13.7. The van der Waals surface area contributed by atoms with Crippen LogP contribution in [0.1, 0.15) is 21.7 Å². The molecule has 1 unspecified atom stereocenters. The van der Waals surface area contributed by atoms with Crippen LogP contribution in [0.15, 0.2) is 52.2 Å². The van der Waals surface area contributed by atoms with Crippen LogP contribution in [-0.2, 0) is 22.1 Å². The summed E-state index contributed by atoms with van der Waals surface area (Å²) < 4.78 is 16.6. The van der Waals surface area contributed by atoms with E-state index in [4.69, 9.17) is 4.74 Å². The summed E-state index contributed by atoms with van der Waals surface area (Å²) in [6.45, 7) is 1.73. The molecule has 1 aromatic heterocycles. The number of benzene rings is 2. The van der Waals surface area contributed by atoms with Gasteiger partial charge in [-0.2, -0.15) is 0 Å². The first-order valence-electron chi connectivity index (χ1n) is 7.55. The maximum absolute atomic E-state index is 12.1. The van der Waals surface area contributed by atoms with Crippen molar-refractivity contribution in [1.82, 2.24) is 9.97 Å². The summed E-state index contributed by atoms with van der Waals surface area (Å²) in [7, 11) is -1.10. The summed E-state index contributed by atoms with van der Waals surface area (Å²) in [5, 5.41) is 0.498. The number of aryl methyl sites for hydroxylation is 1. The fourth-order valence-electron chi connectivity index (χ4n) is 2.42. The van der Waals surface area contributed by atoms with Gasteiger partial charge in [-0.15, -0.1) is 0 Å². The van der Waals surface area contributed by atoms with Gasteiger partial charge in [-0.3, -0.25) is 9.00 Å². The van der Waals surface area contributed by atoms with Crippen LogP contribution in [-0.4, -0.2) is 26.4 Å². The van der Waals surface area contributed by atoms with Gasteiger partial charge in [0.25, 0.3) is 5.56 Å². The van der Waals surface area contributed by atoms with Crippen LogP contribution in [0.5, 0.6) is 0 Å². The number of H-pyrrole nitrogens is 1. The molecule has 2 aromatic carbocycles. The van der Waals surface area contributed by atoms with Gasteiger partial charge in [-0.1, -0.05) is 12.1 Å². The van der Waals surface area contributed by atoms with E-state index >= 15 is 0 Å². The molecule has 0 saturated heterocycles. The van der Waals surface area contributed by atoms with Crippen molar-refractivity contribution in [3.63, 3.8) is 0 Å². The minimum atomic E-state index is -1.10. The molecule has 0 saturated carbocycles. The quantitative estimate of drug-likeness (QED) is 0.725. The fraction of sp³-hybridized carbons (Fsp3) is 0.167. The lowest BCUT2D eigenvalue weighted by atomic mass is 10.1. The number of fused-ring (bicyclic) bond motifs is 1. The van der Waals surface area contributed by atoms with Gasteiger partial charge in [0, 0.05) is 22.0 Å². The molecule has 7 heteroatoms. The lowest BCUT2D eigenvalue weighted by molar-refractivity contribution is 0.0462. The third-order valence-electron chi connectivity index (χ3n) is 3.75. The highest BCUT2D eigenvalue weighted by Gasteiger charge is 2.11. The highest BCUT2D eigenvalue weighted by Crippen LogP contribution is 2.13. The second kappa shape index (κ2) is 6.98. The van der Waals surface area contributed by atoms with Gasteiger partial charge in [-0.05, 0) is 42.8 Å². The number of esters is 1. The van der Waals surface area contributed by atoms with E-state index in [1.807, 2.05) is 13.0 Å². The summed E-state index contributed by atoms with van der Waals surface area (Å²) in [5.41, 5.74) is 1.54. The Balaban J connectivity index is 1.78. The maximum Gasteiger partial charge on any atom is 0.338 e. The van der Waals surface area contributed by atoms with Crippen LogP contribution < -0.4 is 5.56 Å². The van der Waals surface area contributed by atoms with Gasteiger partial charge in [0.2, 0.25) is 0 Å². The van der Waals surface area contributed by atoms with Crippen LogP contribution in [0.3, 0.4) is 0 Å². The molecule has 0 spiro atoms. The Labute approximate surface area is 146 Å². The van der Waals surface area contributed by atoms with E-state index in [-0.39, 0.29) is 18.0 Å². The summed E-state index contributed by atoms with van der Waals surface area (Å²) >= 11 is 0. The van der Waals surface area contributed by atoms with Gasteiger partial charge in [0.05, 0.1) is 16.5 Å². The molecule has 3 rings (SSSR count). The Morgan fingerprint density at radius 3 is 2.60 bits per heavy atom. The maximum atomic E-state index is 12.1. The standard InChI is InChI=1S/C18H16N2O4S/c1-11-4-3-5-14-16(11)19-15(20-17(14)21)10-24-18(22)12-6-8-13(9-7-12)25(2)23/h3-9H,10H2,1-2H3,(H,19,20,21). The highest BCUT2D eigenvalue weighted by atomic mass is 32.2. The van der Waals surface area contributed by atoms with Gasteiger partial charge < -0.3 is 9.72 Å². The summed E-state index contributed by atoms with van der Waals surface area (Å²) in [6.07, 6.45) is 1.57. The molecule has 0 amide bonds. The smallest absolute Gasteiger partial charge is 0.338 e. The largest absolute Gasteiger partial charge is 0.454 e. The normalized spacial score (nSPS) is 12.1. The number of para-hydroxylation sites is 1. The van der Waals surface area contributed by atoms with Crippen molar-refractivity contribution in [2.75, 3.05) is 6.26 Å². The molecule has 0 radical (unpaired) electrons. The third-order valence-corrected chi connectivity index (χ3v) is 4.68. The average molecular weight is 356 g/mol. The second-order valence-corrected chi connectivity index (χ2v) is 6.92. The van der Waals surface area contributed by atoms with Crippen LogP contribution in [0, 0.1) is 6.92 Å². The number of nitrogens with one attached hydrogen (secondary N) is 1.